The molecular weight excluding hydrogens is 300 g/mol. The first-order valence-electron chi connectivity index (χ1n) is 5.09. The fraction of sp³-hybridized carbons (Fsp3) is 0.0833. The third kappa shape index (κ3) is 2.33. The number of aromatic nitrogens is 1. The molecule has 5 nitrogen and oxygen atoms in total. The van der Waals surface area contributed by atoms with Gasteiger partial charge >= 0.3 is 5.97 Å². The smallest absolute Gasteiger partial charge is 0.354 e. The van der Waals surface area contributed by atoms with E-state index in [1.807, 2.05) is 0 Å². The Hall–Kier alpha value is -1.95. The van der Waals surface area contributed by atoms with Crippen LogP contribution >= 0.6 is 15.9 Å². The lowest BCUT2D eigenvalue weighted by Gasteiger charge is -2.08. The summed E-state index contributed by atoms with van der Waals surface area (Å²) in [5.74, 6) is -1.25. The monoisotopic (exact) mass is 308 g/mol. The van der Waals surface area contributed by atoms with E-state index in [2.05, 4.69) is 26.2 Å². The van der Waals surface area contributed by atoms with E-state index in [1.54, 1.807) is 18.2 Å². The van der Waals surface area contributed by atoms with E-state index in [9.17, 15) is 9.59 Å². The number of aromatic carboxylic acids is 1. The van der Waals surface area contributed by atoms with Gasteiger partial charge in [-0.15, -0.1) is 0 Å². The molecule has 2 aromatic rings. The number of benzene rings is 1. The Balaban J connectivity index is 2.58. The van der Waals surface area contributed by atoms with E-state index < -0.39 is 5.97 Å². The zero-order valence-corrected chi connectivity index (χ0v) is 11.0. The van der Waals surface area contributed by atoms with Gasteiger partial charge in [-0.1, -0.05) is 0 Å². The molecule has 92 valence electrons. The molecule has 1 aromatic heterocycles. The zero-order chi connectivity index (χ0) is 13.3. The number of anilines is 1. The molecule has 0 saturated carbocycles. The Kier molecular flexibility index (Phi) is 3.29. The molecule has 0 saturated heterocycles. The first kappa shape index (κ1) is 12.5. The fourth-order valence-electron chi connectivity index (χ4n) is 1.57. The number of carbonyl (C=O) groups excluding carboxylic acids is 1. The molecule has 6 heteroatoms. The number of rotatable bonds is 2. The maximum atomic E-state index is 11.0. The van der Waals surface area contributed by atoms with Crippen LogP contribution in [0.15, 0.2) is 28.7 Å². The van der Waals surface area contributed by atoms with Gasteiger partial charge in [-0.3, -0.25) is 4.79 Å². The minimum atomic E-state index is -1.07. The van der Waals surface area contributed by atoms with Crippen molar-refractivity contribution in [3.63, 3.8) is 0 Å². The Bertz CT molecular complexity index is 655. The van der Waals surface area contributed by atoms with Gasteiger partial charge in [0.15, 0.2) is 0 Å². The minimum absolute atomic E-state index is 0.0123. The lowest BCUT2D eigenvalue weighted by Crippen LogP contribution is -2.06. The van der Waals surface area contributed by atoms with Crippen molar-refractivity contribution in [3.8, 4) is 0 Å². The summed E-state index contributed by atoms with van der Waals surface area (Å²) in [5, 5.41) is 12.3. The summed E-state index contributed by atoms with van der Waals surface area (Å²) >= 11 is 3.37. The number of nitrogens with one attached hydrogen (secondary N) is 1. The summed E-state index contributed by atoms with van der Waals surface area (Å²) in [7, 11) is 0. The molecule has 18 heavy (non-hydrogen) atoms. The van der Waals surface area contributed by atoms with E-state index in [-0.39, 0.29) is 11.6 Å². The first-order valence-corrected chi connectivity index (χ1v) is 5.88. The third-order valence-electron chi connectivity index (χ3n) is 2.34. The predicted octanol–water partition coefficient (Wildman–Crippen LogP) is 2.65. The number of carboxylic acids is 1. The lowest BCUT2D eigenvalue weighted by molar-refractivity contribution is -0.114. The van der Waals surface area contributed by atoms with Crippen molar-refractivity contribution in [2.75, 3.05) is 5.32 Å². The number of halogens is 1. The Morgan fingerprint density at radius 3 is 2.61 bits per heavy atom. The zero-order valence-electron chi connectivity index (χ0n) is 9.40. The summed E-state index contributed by atoms with van der Waals surface area (Å²) in [4.78, 5) is 25.8. The molecule has 0 aliphatic heterocycles. The lowest BCUT2D eigenvalue weighted by atomic mass is 10.2. The van der Waals surface area contributed by atoms with Crippen LogP contribution in [0.4, 0.5) is 5.69 Å². The van der Waals surface area contributed by atoms with Crippen molar-refractivity contribution in [2.45, 2.75) is 6.92 Å². The van der Waals surface area contributed by atoms with Gasteiger partial charge in [-0.05, 0) is 40.2 Å². The normalized spacial score (nSPS) is 10.3. The largest absolute Gasteiger partial charge is 0.477 e. The Morgan fingerprint density at radius 2 is 2.00 bits per heavy atom. The van der Waals surface area contributed by atoms with Crippen LogP contribution in [0.5, 0.6) is 0 Å². The average Bonchev–Trinajstić information content (AvgIpc) is 2.32. The molecule has 0 aliphatic rings. The molecule has 1 aromatic carbocycles. The van der Waals surface area contributed by atoms with Crippen LogP contribution in [0.25, 0.3) is 10.9 Å². The Morgan fingerprint density at radius 1 is 1.28 bits per heavy atom. The van der Waals surface area contributed by atoms with Crippen LogP contribution in [0.1, 0.15) is 17.4 Å². The van der Waals surface area contributed by atoms with E-state index in [4.69, 9.17) is 5.11 Å². The summed E-state index contributed by atoms with van der Waals surface area (Å²) in [6.45, 7) is 1.42. The quantitative estimate of drug-likeness (QED) is 0.894. The van der Waals surface area contributed by atoms with Crippen LogP contribution in [0.2, 0.25) is 0 Å². The maximum absolute atomic E-state index is 11.0. The van der Waals surface area contributed by atoms with Crippen molar-refractivity contribution in [1.82, 2.24) is 4.98 Å². The number of nitrogens with zero attached hydrogens (tertiary/aromatic N) is 1. The number of fused-ring (bicyclic) bond motifs is 1. The summed E-state index contributed by atoms with van der Waals surface area (Å²) in [6.07, 6.45) is 0. The molecule has 0 unspecified atom stereocenters. The summed E-state index contributed by atoms with van der Waals surface area (Å²) in [5.41, 5.74) is 1.16. The van der Waals surface area contributed by atoms with Crippen LogP contribution in [0, 0.1) is 0 Å². The van der Waals surface area contributed by atoms with Gasteiger partial charge < -0.3 is 10.4 Å². The van der Waals surface area contributed by atoms with Crippen LogP contribution < -0.4 is 5.32 Å². The van der Waals surface area contributed by atoms with Gasteiger partial charge in [0.1, 0.15) is 5.69 Å². The minimum Gasteiger partial charge on any atom is -0.477 e. The highest BCUT2D eigenvalue weighted by Crippen LogP contribution is 2.30. The molecule has 0 spiro atoms. The van der Waals surface area contributed by atoms with Crippen LogP contribution in [-0.4, -0.2) is 22.0 Å². The number of pyridine rings is 1. The number of hydrogen-bond acceptors (Lipinski definition) is 3. The third-order valence-corrected chi connectivity index (χ3v) is 3.19. The van der Waals surface area contributed by atoms with E-state index in [0.717, 1.165) is 5.39 Å². The fourth-order valence-corrected chi connectivity index (χ4v) is 2.14. The molecule has 0 aliphatic carbocycles. The molecule has 1 amide bonds. The van der Waals surface area contributed by atoms with Crippen molar-refractivity contribution in [2.24, 2.45) is 0 Å². The van der Waals surface area contributed by atoms with Crippen LogP contribution in [0.3, 0.4) is 0 Å². The van der Waals surface area contributed by atoms with Gasteiger partial charge in [-0.2, -0.15) is 0 Å². The van der Waals surface area contributed by atoms with Gasteiger partial charge in [0, 0.05) is 12.3 Å². The van der Waals surface area contributed by atoms with Crippen LogP contribution in [-0.2, 0) is 4.79 Å². The molecular formula is C12H9BrN2O3. The second-order valence-electron chi connectivity index (χ2n) is 3.68. The molecule has 0 fully saturated rings. The van der Waals surface area contributed by atoms with E-state index >= 15 is 0 Å². The summed E-state index contributed by atoms with van der Waals surface area (Å²) < 4.78 is 0.680. The van der Waals surface area contributed by atoms with Crippen molar-refractivity contribution >= 4 is 44.4 Å². The average molecular weight is 309 g/mol. The highest BCUT2D eigenvalue weighted by Gasteiger charge is 2.10. The molecule has 2 N–H and O–H groups in total. The van der Waals surface area contributed by atoms with Gasteiger partial charge in [-0.25, -0.2) is 9.78 Å². The van der Waals surface area contributed by atoms with Crippen molar-refractivity contribution in [1.29, 1.82) is 0 Å². The number of carboxylic acid groups (broad SMARTS) is 1. The predicted molar refractivity (Wildman–Crippen MR) is 70.7 cm³/mol. The standard InChI is InChI=1S/C12H9BrN2O3/c1-6(16)14-9-5-4-8-7(11(9)13)2-3-10(15-8)12(17)18/h2-5H,1H3,(H,14,16)(H,17,18). The Labute approximate surface area is 111 Å². The topological polar surface area (TPSA) is 79.3 Å². The molecule has 0 radical (unpaired) electrons. The molecule has 0 bridgehead atoms. The first-order chi connectivity index (χ1) is 8.49. The second kappa shape index (κ2) is 4.73. The van der Waals surface area contributed by atoms with E-state index in [1.165, 1.54) is 13.0 Å². The number of amides is 1. The number of hydrogen-bond donors (Lipinski definition) is 2. The van der Waals surface area contributed by atoms with Crippen molar-refractivity contribution < 1.29 is 14.7 Å². The van der Waals surface area contributed by atoms with E-state index in [0.29, 0.717) is 15.7 Å². The maximum Gasteiger partial charge on any atom is 0.354 e. The second-order valence-corrected chi connectivity index (χ2v) is 4.47. The van der Waals surface area contributed by atoms with Gasteiger partial charge in [0.25, 0.3) is 0 Å². The highest BCUT2D eigenvalue weighted by atomic mass is 79.9. The molecule has 1 heterocycles. The SMILES string of the molecule is CC(=O)Nc1ccc2nc(C(=O)O)ccc2c1Br. The molecule has 0 atom stereocenters. The van der Waals surface area contributed by atoms with Gasteiger partial charge in [0.05, 0.1) is 15.7 Å². The summed E-state index contributed by atoms with van der Waals surface area (Å²) in [6, 6.07) is 6.42. The van der Waals surface area contributed by atoms with Gasteiger partial charge in [0.2, 0.25) is 5.91 Å². The van der Waals surface area contributed by atoms with Crippen molar-refractivity contribution in [3.05, 3.63) is 34.4 Å². The number of carbonyl (C=O) groups is 2. The molecule has 2 rings (SSSR count). The highest BCUT2D eigenvalue weighted by molar-refractivity contribution is 9.10.